The Morgan fingerprint density at radius 2 is 1.42 bits per heavy atom. The number of hydrogen-bond donors (Lipinski definition) is 2. The molecule has 0 aliphatic heterocycles. The highest BCUT2D eigenvalue weighted by molar-refractivity contribution is 5.76. The Morgan fingerprint density at radius 1 is 0.792 bits per heavy atom. The third-order valence-corrected chi connectivity index (χ3v) is 3.29. The van der Waals surface area contributed by atoms with Crippen molar-refractivity contribution >= 4 is 11.8 Å². The molecule has 0 aromatic heterocycles. The molecule has 24 heavy (non-hydrogen) atoms. The van der Waals surface area contributed by atoms with Gasteiger partial charge < -0.3 is 20.1 Å². The number of amides is 2. The summed E-state index contributed by atoms with van der Waals surface area (Å²) in [5.74, 6) is 1.14. The second-order valence-corrected chi connectivity index (χ2v) is 6.81. The molecular weight excluding hydrogens is 308 g/mol. The van der Waals surface area contributed by atoms with Gasteiger partial charge in [0.15, 0.2) is 0 Å². The predicted octanol–water partition coefficient (Wildman–Crippen LogP) is 2.12. The van der Waals surface area contributed by atoms with Gasteiger partial charge in [0, 0.05) is 25.9 Å². The molecule has 2 amide bonds. The molecule has 2 N–H and O–H groups in total. The molecule has 0 unspecified atom stereocenters. The summed E-state index contributed by atoms with van der Waals surface area (Å²) in [5.41, 5.74) is 0. The first kappa shape index (κ1) is 22.9. The van der Waals surface area contributed by atoms with Gasteiger partial charge in [-0.25, -0.2) is 0 Å². The van der Waals surface area contributed by atoms with Crippen LogP contribution in [0, 0.1) is 11.8 Å². The zero-order valence-corrected chi connectivity index (χ0v) is 15.9. The van der Waals surface area contributed by atoms with Crippen LogP contribution in [-0.2, 0) is 19.1 Å². The Labute approximate surface area is 147 Å². The van der Waals surface area contributed by atoms with E-state index in [4.69, 9.17) is 9.47 Å². The number of hydrogen-bond acceptors (Lipinski definition) is 4. The summed E-state index contributed by atoms with van der Waals surface area (Å²) in [5, 5.41) is 5.69. The maximum absolute atomic E-state index is 11.5. The second-order valence-electron chi connectivity index (χ2n) is 6.81. The lowest BCUT2D eigenvalue weighted by molar-refractivity contribution is -0.122. The van der Waals surface area contributed by atoms with Gasteiger partial charge in [-0.15, -0.1) is 0 Å². The second kappa shape index (κ2) is 15.4. The maximum Gasteiger partial charge on any atom is 0.222 e. The van der Waals surface area contributed by atoms with Crippen molar-refractivity contribution in [2.75, 3.05) is 39.5 Å². The average molecular weight is 344 g/mol. The zero-order valence-electron chi connectivity index (χ0n) is 15.9. The van der Waals surface area contributed by atoms with Crippen LogP contribution in [0.1, 0.15) is 53.4 Å². The molecule has 0 bridgehead atoms. The van der Waals surface area contributed by atoms with E-state index in [0.717, 1.165) is 19.4 Å². The third-order valence-electron chi connectivity index (χ3n) is 3.29. The van der Waals surface area contributed by atoms with Crippen molar-refractivity contribution in [1.29, 1.82) is 0 Å². The Morgan fingerprint density at radius 3 is 2.04 bits per heavy atom. The standard InChI is InChI=1S/C18H36N2O4/c1-15(2)6-5-8-19-17(21)7-10-23-12-13-24-11-9-20-18(22)14-16(3)4/h15-16H,5-14H2,1-4H3,(H,19,21)(H,20,22). The van der Waals surface area contributed by atoms with Gasteiger partial charge >= 0.3 is 0 Å². The first-order valence-corrected chi connectivity index (χ1v) is 9.10. The van der Waals surface area contributed by atoms with Crippen molar-refractivity contribution in [2.45, 2.75) is 53.4 Å². The minimum atomic E-state index is 0.0348. The highest BCUT2D eigenvalue weighted by atomic mass is 16.5. The fourth-order valence-corrected chi connectivity index (χ4v) is 2.02. The number of rotatable bonds is 15. The SMILES string of the molecule is CC(C)CCCNC(=O)CCOCCOCCNC(=O)CC(C)C. The van der Waals surface area contributed by atoms with Gasteiger partial charge in [0.05, 0.1) is 26.4 Å². The quantitative estimate of drug-likeness (QED) is 0.446. The van der Waals surface area contributed by atoms with Crippen LogP contribution in [0.25, 0.3) is 0 Å². The number of carbonyl (C=O) groups excluding carboxylic acids is 2. The average Bonchev–Trinajstić information content (AvgIpc) is 2.49. The molecule has 0 fully saturated rings. The van der Waals surface area contributed by atoms with Gasteiger partial charge in [0.2, 0.25) is 11.8 Å². The fraction of sp³-hybridized carbons (Fsp3) is 0.889. The number of ether oxygens (including phenoxy) is 2. The molecule has 0 heterocycles. The zero-order chi connectivity index (χ0) is 18.2. The molecule has 6 heteroatoms. The monoisotopic (exact) mass is 344 g/mol. The molecule has 142 valence electrons. The molecule has 0 aliphatic rings. The van der Waals surface area contributed by atoms with E-state index in [1.54, 1.807) is 0 Å². The van der Waals surface area contributed by atoms with Crippen LogP contribution in [0.5, 0.6) is 0 Å². The molecule has 0 rings (SSSR count). The molecule has 0 aromatic carbocycles. The fourth-order valence-electron chi connectivity index (χ4n) is 2.02. The van der Waals surface area contributed by atoms with E-state index < -0.39 is 0 Å². The van der Waals surface area contributed by atoms with Crippen molar-refractivity contribution < 1.29 is 19.1 Å². The van der Waals surface area contributed by atoms with Crippen LogP contribution >= 0.6 is 0 Å². The first-order chi connectivity index (χ1) is 11.4. The molecule has 0 spiro atoms. The van der Waals surface area contributed by atoms with E-state index in [0.29, 0.717) is 57.6 Å². The van der Waals surface area contributed by atoms with Gasteiger partial charge in [-0.05, 0) is 24.7 Å². The van der Waals surface area contributed by atoms with Gasteiger partial charge in [0.25, 0.3) is 0 Å². The minimum Gasteiger partial charge on any atom is -0.379 e. The summed E-state index contributed by atoms with van der Waals surface area (Å²) < 4.78 is 10.7. The van der Waals surface area contributed by atoms with Crippen molar-refractivity contribution in [2.24, 2.45) is 11.8 Å². The predicted molar refractivity (Wildman–Crippen MR) is 95.8 cm³/mol. The molecule has 6 nitrogen and oxygen atoms in total. The Balaban J connectivity index is 3.27. The minimum absolute atomic E-state index is 0.0348. The van der Waals surface area contributed by atoms with E-state index >= 15 is 0 Å². The van der Waals surface area contributed by atoms with Gasteiger partial charge in [0.1, 0.15) is 0 Å². The molecule has 0 aromatic rings. The lowest BCUT2D eigenvalue weighted by atomic mass is 10.1. The Bertz CT molecular complexity index is 333. The summed E-state index contributed by atoms with van der Waals surface area (Å²) in [6.45, 7) is 11.4. The van der Waals surface area contributed by atoms with Crippen LogP contribution in [0.3, 0.4) is 0 Å². The summed E-state index contributed by atoms with van der Waals surface area (Å²) in [7, 11) is 0. The molecule has 0 aliphatic carbocycles. The van der Waals surface area contributed by atoms with Gasteiger partial charge in [-0.1, -0.05) is 27.7 Å². The summed E-state index contributed by atoms with van der Waals surface area (Å²) in [4.78, 5) is 22.9. The van der Waals surface area contributed by atoms with Crippen molar-refractivity contribution in [3.63, 3.8) is 0 Å². The Kier molecular flexibility index (Phi) is 14.7. The molecule has 0 radical (unpaired) electrons. The van der Waals surface area contributed by atoms with Crippen LogP contribution in [-0.4, -0.2) is 51.3 Å². The number of nitrogens with one attached hydrogen (secondary N) is 2. The van der Waals surface area contributed by atoms with E-state index in [1.165, 1.54) is 0 Å². The van der Waals surface area contributed by atoms with Gasteiger partial charge in [-0.2, -0.15) is 0 Å². The molecule has 0 saturated carbocycles. The van der Waals surface area contributed by atoms with Crippen molar-refractivity contribution in [1.82, 2.24) is 10.6 Å². The summed E-state index contributed by atoms with van der Waals surface area (Å²) in [6, 6.07) is 0. The largest absolute Gasteiger partial charge is 0.379 e. The third kappa shape index (κ3) is 17.2. The lowest BCUT2D eigenvalue weighted by Crippen LogP contribution is -2.28. The topological polar surface area (TPSA) is 76.7 Å². The van der Waals surface area contributed by atoms with Crippen LogP contribution in [0.4, 0.5) is 0 Å². The highest BCUT2D eigenvalue weighted by Gasteiger charge is 2.03. The Hall–Kier alpha value is -1.14. The lowest BCUT2D eigenvalue weighted by Gasteiger charge is -2.09. The molecular formula is C18H36N2O4. The van der Waals surface area contributed by atoms with E-state index in [9.17, 15) is 9.59 Å². The molecule has 0 saturated heterocycles. The molecule has 0 atom stereocenters. The smallest absolute Gasteiger partial charge is 0.222 e. The van der Waals surface area contributed by atoms with E-state index in [-0.39, 0.29) is 11.8 Å². The van der Waals surface area contributed by atoms with Crippen LogP contribution in [0.2, 0.25) is 0 Å². The van der Waals surface area contributed by atoms with Gasteiger partial charge in [-0.3, -0.25) is 9.59 Å². The highest BCUT2D eigenvalue weighted by Crippen LogP contribution is 2.01. The van der Waals surface area contributed by atoms with Crippen LogP contribution < -0.4 is 10.6 Å². The van der Waals surface area contributed by atoms with Crippen molar-refractivity contribution in [3.05, 3.63) is 0 Å². The maximum atomic E-state index is 11.5. The van der Waals surface area contributed by atoms with Crippen molar-refractivity contribution in [3.8, 4) is 0 Å². The summed E-state index contributed by atoms with van der Waals surface area (Å²) >= 11 is 0. The first-order valence-electron chi connectivity index (χ1n) is 9.10. The van der Waals surface area contributed by atoms with E-state index in [1.807, 2.05) is 13.8 Å². The normalized spacial score (nSPS) is 11.1. The number of carbonyl (C=O) groups is 2. The van der Waals surface area contributed by atoms with E-state index in [2.05, 4.69) is 24.5 Å². The van der Waals surface area contributed by atoms with Crippen LogP contribution in [0.15, 0.2) is 0 Å². The summed E-state index contributed by atoms with van der Waals surface area (Å²) in [6.07, 6.45) is 3.08.